The van der Waals surface area contributed by atoms with E-state index in [2.05, 4.69) is 0 Å². The van der Waals surface area contributed by atoms with Gasteiger partial charge in [0.15, 0.2) is 11.4 Å². The van der Waals surface area contributed by atoms with Gasteiger partial charge in [-0.15, -0.1) is 0 Å². The van der Waals surface area contributed by atoms with Crippen LogP contribution in [0.25, 0.3) is 0 Å². The van der Waals surface area contributed by atoms with Gasteiger partial charge in [0.25, 0.3) is 0 Å². The minimum Gasteiger partial charge on any atom is -0.396 e. The monoisotopic (exact) mass is 566 g/mol. The number of ether oxygens (including phenoxy) is 5. The van der Waals surface area contributed by atoms with E-state index in [0.717, 1.165) is 16.7 Å². The number of carbonyl (C=O) groups excluding carboxylic acids is 1. The van der Waals surface area contributed by atoms with Crippen molar-refractivity contribution in [3.63, 3.8) is 0 Å². The van der Waals surface area contributed by atoms with Crippen LogP contribution in [-0.2, 0) is 48.3 Å². The Bertz CT molecular complexity index is 1120. The summed E-state index contributed by atoms with van der Waals surface area (Å²) in [6.45, 7) is 2.86. The number of thioether (sulfide) groups is 1. The van der Waals surface area contributed by atoms with E-state index in [0.29, 0.717) is 38.6 Å². The highest BCUT2D eigenvalue weighted by molar-refractivity contribution is 8.13. The van der Waals surface area contributed by atoms with Crippen molar-refractivity contribution in [1.82, 2.24) is 0 Å². The van der Waals surface area contributed by atoms with Gasteiger partial charge < -0.3 is 28.8 Å². The second-order valence-electron chi connectivity index (χ2n) is 9.58. The summed E-state index contributed by atoms with van der Waals surface area (Å²) in [6.07, 6.45) is -2.52. The van der Waals surface area contributed by atoms with Crippen molar-refractivity contribution < 1.29 is 33.6 Å². The molecule has 0 radical (unpaired) electrons. The molecule has 1 aliphatic rings. The fraction of sp³-hybridized carbons (Fsp3) is 0.406. The molecule has 0 aliphatic carbocycles. The van der Waals surface area contributed by atoms with E-state index < -0.39 is 30.7 Å². The van der Waals surface area contributed by atoms with E-state index in [4.69, 9.17) is 23.7 Å². The first-order chi connectivity index (χ1) is 19.6. The molecule has 1 N–H and O–H groups in total. The molecule has 8 heteroatoms. The Balaban J connectivity index is 1.63. The lowest BCUT2D eigenvalue weighted by atomic mass is 9.98. The van der Waals surface area contributed by atoms with Gasteiger partial charge in [0.1, 0.15) is 18.3 Å². The minimum atomic E-state index is -0.773. The van der Waals surface area contributed by atoms with Gasteiger partial charge >= 0.3 is 0 Å². The number of aliphatic hydroxyl groups is 1. The first-order valence-corrected chi connectivity index (χ1v) is 14.6. The molecule has 1 heterocycles. The molecular weight excluding hydrogens is 528 g/mol. The van der Waals surface area contributed by atoms with Crippen LogP contribution in [0.1, 0.15) is 30.0 Å². The summed E-state index contributed by atoms with van der Waals surface area (Å²) in [5, 5.41) is 9.35. The number of hydrogen-bond donors (Lipinski definition) is 1. The Kier molecular flexibility index (Phi) is 12.6. The van der Waals surface area contributed by atoms with Gasteiger partial charge in [0, 0.05) is 19.3 Å². The summed E-state index contributed by atoms with van der Waals surface area (Å²) in [7, 11) is 0. The van der Waals surface area contributed by atoms with Gasteiger partial charge in [-0.25, -0.2) is 0 Å². The molecule has 0 saturated carbocycles. The Morgan fingerprint density at radius 3 is 1.68 bits per heavy atom. The van der Waals surface area contributed by atoms with Crippen LogP contribution < -0.4 is 0 Å². The van der Waals surface area contributed by atoms with E-state index in [1.54, 1.807) is 0 Å². The second kappa shape index (κ2) is 16.6. The predicted molar refractivity (Wildman–Crippen MR) is 155 cm³/mol. The Morgan fingerprint density at radius 1 is 0.725 bits per heavy atom. The molecule has 0 aromatic heterocycles. The zero-order chi connectivity index (χ0) is 28.0. The largest absolute Gasteiger partial charge is 0.396 e. The van der Waals surface area contributed by atoms with E-state index >= 15 is 0 Å². The summed E-state index contributed by atoms with van der Waals surface area (Å²) in [5.74, 6) is 0.380. The zero-order valence-electron chi connectivity index (χ0n) is 22.8. The molecule has 0 bridgehead atoms. The van der Waals surface area contributed by atoms with Crippen LogP contribution in [0, 0.1) is 0 Å². The zero-order valence-corrected chi connectivity index (χ0v) is 23.6. The topological polar surface area (TPSA) is 83.5 Å². The van der Waals surface area contributed by atoms with Crippen LogP contribution in [0.15, 0.2) is 91.0 Å². The highest BCUT2D eigenvalue weighted by atomic mass is 32.2. The highest BCUT2D eigenvalue weighted by Gasteiger charge is 2.49. The summed E-state index contributed by atoms with van der Waals surface area (Å²) < 4.78 is 32.2. The molecule has 0 amide bonds. The van der Waals surface area contributed by atoms with Crippen molar-refractivity contribution in [2.24, 2.45) is 0 Å². The van der Waals surface area contributed by atoms with E-state index in [-0.39, 0.29) is 11.7 Å². The van der Waals surface area contributed by atoms with Crippen molar-refractivity contribution in [3.8, 4) is 0 Å². The summed E-state index contributed by atoms with van der Waals surface area (Å²) in [5.41, 5.74) is 3.05. The van der Waals surface area contributed by atoms with Crippen molar-refractivity contribution >= 4 is 16.9 Å². The lowest BCUT2D eigenvalue weighted by Gasteiger charge is -2.46. The Labute approximate surface area is 240 Å². The Hall–Kier alpha value is -2.56. The Morgan fingerprint density at radius 2 is 1.20 bits per heavy atom. The van der Waals surface area contributed by atoms with Gasteiger partial charge in [-0.3, -0.25) is 4.79 Å². The van der Waals surface area contributed by atoms with Crippen LogP contribution in [0.3, 0.4) is 0 Å². The lowest BCUT2D eigenvalue weighted by molar-refractivity contribution is -0.319. The average Bonchev–Trinajstić information content (AvgIpc) is 2.99. The number of hydrogen-bond acceptors (Lipinski definition) is 8. The smallest absolute Gasteiger partial charge is 0.186 e. The van der Waals surface area contributed by atoms with Gasteiger partial charge in [-0.2, -0.15) is 0 Å². The summed E-state index contributed by atoms with van der Waals surface area (Å²) in [6, 6.07) is 29.8. The van der Waals surface area contributed by atoms with Crippen LogP contribution in [0.2, 0.25) is 0 Å². The molecule has 1 aliphatic heterocycles. The molecule has 7 nitrogen and oxygen atoms in total. The third kappa shape index (κ3) is 9.52. The normalized spacial score (nSPS) is 22.7. The van der Waals surface area contributed by atoms with Crippen LogP contribution in [0.4, 0.5) is 0 Å². The maximum atomic E-state index is 11.9. The van der Waals surface area contributed by atoms with Crippen molar-refractivity contribution in [2.75, 3.05) is 19.0 Å². The molecular formula is C32H38O7S. The maximum absolute atomic E-state index is 11.9. The molecule has 3 aromatic rings. The quantitative estimate of drug-likeness (QED) is 0.253. The van der Waals surface area contributed by atoms with Crippen LogP contribution >= 0.6 is 11.8 Å². The van der Waals surface area contributed by atoms with E-state index in [1.807, 2.05) is 91.0 Å². The number of rotatable bonds is 15. The molecule has 4 rings (SSSR count). The summed E-state index contributed by atoms with van der Waals surface area (Å²) in [4.78, 5) is 11.9. The average molecular weight is 567 g/mol. The van der Waals surface area contributed by atoms with Gasteiger partial charge in [0.2, 0.25) is 0 Å². The number of aliphatic hydroxyl groups excluding tert-OH is 1. The molecule has 214 valence electrons. The van der Waals surface area contributed by atoms with Gasteiger partial charge in [0.05, 0.1) is 32.5 Å². The van der Waals surface area contributed by atoms with Crippen LogP contribution in [0.5, 0.6) is 0 Å². The standard InChI is InChI=1S/C32H38O7S/c1-24(34)40-23-28-29(36-20-25-12-5-2-6-13-25)30(37-21-26-14-7-3-8-15-26)31(32(39-28)35-19-11-18-33)38-22-27-16-9-4-10-17-27/h2-10,12-17,28-33H,11,18-23H2,1H3/t28-,29-,30+,31-,32+/m1/s1. The molecule has 40 heavy (non-hydrogen) atoms. The first-order valence-electron chi connectivity index (χ1n) is 13.6. The van der Waals surface area contributed by atoms with Gasteiger partial charge in [-0.1, -0.05) is 103 Å². The SMILES string of the molecule is CC(=O)SC[C@H]1O[C@H](OCCCO)[C@H](OCc2ccccc2)[C@@H](OCc2ccccc2)[C@@H]1OCc1ccccc1. The molecule has 5 atom stereocenters. The first kappa shape index (κ1) is 30.4. The third-order valence-corrected chi connectivity index (χ3v) is 7.38. The molecule has 1 fully saturated rings. The predicted octanol–water partition coefficient (Wildman–Crippen LogP) is 5.15. The molecule has 0 unspecified atom stereocenters. The second-order valence-corrected chi connectivity index (χ2v) is 10.8. The van der Waals surface area contributed by atoms with Crippen molar-refractivity contribution in [3.05, 3.63) is 108 Å². The van der Waals surface area contributed by atoms with E-state index in [1.165, 1.54) is 18.7 Å². The third-order valence-electron chi connectivity index (χ3n) is 6.48. The van der Waals surface area contributed by atoms with Crippen molar-refractivity contribution in [1.29, 1.82) is 0 Å². The number of benzene rings is 3. The lowest BCUT2D eigenvalue weighted by Crippen LogP contribution is -2.61. The van der Waals surface area contributed by atoms with Crippen molar-refractivity contribution in [2.45, 2.75) is 63.9 Å². The summed E-state index contributed by atoms with van der Waals surface area (Å²) >= 11 is 1.19. The molecule has 3 aromatic carbocycles. The maximum Gasteiger partial charge on any atom is 0.186 e. The number of carbonyl (C=O) groups is 1. The molecule has 1 saturated heterocycles. The highest BCUT2D eigenvalue weighted by Crippen LogP contribution is 2.32. The van der Waals surface area contributed by atoms with Crippen LogP contribution in [-0.4, -0.2) is 59.9 Å². The minimum absolute atomic E-state index is 0.00260. The van der Waals surface area contributed by atoms with Gasteiger partial charge in [-0.05, 0) is 23.1 Å². The fourth-order valence-electron chi connectivity index (χ4n) is 4.48. The fourth-order valence-corrected chi connectivity index (χ4v) is 5.14. The van der Waals surface area contributed by atoms with E-state index in [9.17, 15) is 9.90 Å². The molecule has 0 spiro atoms.